The highest BCUT2D eigenvalue weighted by atomic mass is 32.2. The number of Topliss-reactive ketones (excluding diaryl/α,β-unsaturated/α-hetero) is 1. The van der Waals surface area contributed by atoms with E-state index in [0.717, 1.165) is 5.56 Å². The van der Waals surface area contributed by atoms with Crippen LogP contribution in [0.1, 0.15) is 43.7 Å². The molecule has 2 aliphatic carbocycles. The molecule has 0 saturated heterocycles. The van der Waals surface area contributed by atoms with Gasteiger partial charge in [0.15, 0.2) is 22.3 Å². The number of aliphatic hydroxyl groups is 1. The predicted octanol–water partition coefficient (Wildman–Crippen LogP) is 2.38. The molecule has 1 aromatic rings. The van der Waals surface area contributed by atoms with Crippen LogP contribution in [0.3, 0.4) is 0 Å². The smallest absolute Gasteiger partial charge is 0.455 e. The lowest BCUT2D eigenvalue weighted by molar-refractivity contribution is -0.150. The maximum absolute atomic E-state index is 13.4. The van der Waals surface area contributed by atoms with Gasteiger partial charge in [0.05, 0.1) is 0 Å². The topological polar surface area (TPSA) is 102 Å². The third kappa shape index (κ3) is 2.55. The van der Waals surface area contributed by atoms with Gasteiger partial charge in [0.25, 0.3) is 5.79 Å². The highest BCUT2D eigenvalue weighted by molar-refractivity contribution is 7.84. The van der Waals surface area contributed by atoms with E-state index in [1.165, 1.54) is 12.1 Å². The quantitative estimate of drug-likeness (QED) is 0.686. The number of nitrogens with one attached hydrogen (secondary N) is 1. The molecule has 1 aliphatic heterocycles. The van der Waals surface area contributed by atoms with Crippen molar-refractivity contribution in [1.29, 1.82) is 0 Å². The summed E-state index contributed by atoms with van der Waals surface area (Å²) in [6.07, 6.45) is 2.23. The molecule has 29 heavy (non-hydrogen) atoms. The highest BCUT2D eigenvalue weighted by Crippen LogP contribution is 2.59. The average Bonchev–Trinajstić information content (AvgIpc) is 2.98. The fraction of sp³-hybridized carbons (Fsp3) is 0.421. The second-order valence-corrected chi connectivity index (χ2v) is 8.81. The number of allylic oxidation sites excluding steroid dienone is 2. The van der Waals surface area contributed by atoms with Crippen molar-refractivity contribution in [2.45, 2.75) is 49.4 Å². The molecule has 3 atom stereocenters. The van der Waals surface area contributed by atoms with Crippen LogP contribution in [-0.2, 0) is 21.3 Å². The van der Waals surface area contributed by atoms with E-state index < -0.39 is 33.6 Å². The number of halogens is 3. The zero-order valence-electron chi connectivity index (χ0n) is 15.6. The minimum Gasteiger partial charge on any atom is -0.455 e. The summed E-state index contributed by atoms with van der Waals surface area (Å²) in [5.74, 6) is -3.26. The number of rotatable bonds is 3. The number of carbonyl (C=O) groups is 1. The van der Waals surface area contributed by atoms with Crippen LogP contribution >= 0.6 is 0 Å². The molecule has 0 spiro atoms. The first-order valence-corrected chi connectivity index (χ1v) is 10.1. The van der Waals surface area contributed by atoms with Crippen molar-refractivity contribution in [1.82, 2.24) is 4.72 Å². The molecule has 4 N–H and O–H groups in total. The summed E-state index contributed by atoms with van der Waals surface area (Å²) in [4.78, 5) is 13.4. The molecule has 0 radical (unpaired) electrons. The van der Waals surface area contributed by atoms with Gasteiger partial charge in [-0.15, -0.1) is 0 Å². The summed E-state index contributed by atoms with van der Waals surface area (Å²) in [6.45, 7) is 3.82. The Hall–Kier alpha value is -2.17. The maximum atomic E-state index is 13.4. The van der Waals surface area contributed by atoms with Crippen molar-refractivity contribution in [3.63, 3.8) is 0 Å². The number of ether oxygens (including phenoxy) is 1. The summed E-state index contributed by atoms with van der Waals surface area (Å²) in [5, 5.41) is 11.5. The SMILES string of the molecule is CC(C)c1ccc2c(c1)OC1(O)C3=CCCC(N)=C3C(=O)C21NS(=O)C(F)(F)F. The summed E-state index contributed by atoms with van der Waals surface area (Å²) in [6, 6.07) is 4.63. The van der Waals surface area contributed by atoms with Crippen LogP contribution in [0.15, 0.2) is 41.1 Å². The molecule has 3 unspecified atom stereocenters. The van der Waals surface area contributed by atoms with Crippen LogP contribution in [0.2, 0.25) is 0 Å². The zero-order valence-corrected chi connectivity index (χ0v) is 16.4. The molecule has 1 saturated carbocycles. The molecule has 10 heteroatoms. The zero-order chi connectivity index (χ0) is 21.4. The van der Waals surface area contributed by atoms with Crippen molar-refractivity contribution in [2.75, 3.05) is 0 Å². The molecule has 1 heterocycles. The van der Waals surface area contributed by atoms with Gasteiger partial charge in [-0.3, -0.25) is 4.79 Å². The number of hydrogen-bond donors (Lipinski definition) is 3. The van der Waals surface area contributed by atoms with Crippen molar-refractivity contribution in [3.05, 3.63) is 52.2 Å². The van der Waals surface area contributed by atoms with Gasteiger partial charge >= 0.3 is 5.51 Å². The number of carbonyl (C=O) groups excluding carboxylic acids is 1. The van der Waals surface area contributed by atoms with E-state index in [4.69, 9.17) is 10.5 Å². The molecule has 3 aliphatic rings. The molecule has 6 nitrogen and oxygen atoms in total. The molecule has 0 amide bonds. The Morgan fingerprint density at radius 3 is 2.66 bits per heavy atom. The van der Waals surface area contributed by atoms with E-state index in [1.807, 2.05) is 18.6 Å². The summed E-state index contributed by atoms with van der Waals surface area (Å²) in [7, 11) is -3.64. The number of hydrogen-bond acceptors (Lipinski definition) is 5. The van der Waals surface area contributed by atoms with Crippen molar-refractivity contribution >= 4 is 16.8 Å². The van der Waals surface area contributed by atoms with E-state index in [1.54, 1.807) is 12.1 Å². The van der Waals surface area contributed by atoms with Crippen LogP contribution in [0, 0.1) is 0 Å². The summed E-state index contributed by atoms with van der Waals surface area (Å²) in [5.41, 5.74) is -0.754. The normalized spacial score (nSPS) is 29.3. The minimum atomic E-state index is -5.15. The lowest BCUT2D eigenvalue weighted by Gasteiger charge is -2.33. The van der Waals surface area contributed by atoms with Gasteiger partial charge in [0, 0.05) is 22.4 Å². The molecule has 156 valence electrons. The maximum Gasteiger partial charge on any atom is 0.485 e. The number of benzene rings is 1. The van der Waals surface area contributed by atoms with Crippen LogP contribution < -0.4 is 15.2 Å². The molecule has 1 fully saturated rings. The molecular weight excluding hydrogens is 409 g/mol. The van der Waals surface area contributed by atoms with Gasteiger partial charge in [-0.25, -0.2) is 8.93 Å². The van der Waals surface area contributed by atoms with Gasteiger partial charge in [0.2, 0.25) is 0 Å². The van der Waals surface area contributed by atoms with Crippen molar-refractivity contribution in [3.8, 4) is 5.75 Å². The summed E-state index contributed by atoms with van der Waals surface area (Å²) >= 11 is 0. The first-order chi connectivity index (χ1) is 13.4. The molecule has 0 aromatic heterocycles. The molecular formula is C19H19F3N2O4S. The number of ketones is 1. The Balaban J connectivity index is 1.99. The van der Waals surface area contributed by atoms with Crippen LogP contribution in [0.25, 0.3) is 0 Å². The third-order valence-corrected chi connectivity index (χ3v) is 6.50. The second-order valence-electron chi connectivity index (χ2n) is 7.61. The Kier molecular flexibility index (Phi) is 4.28. The van der Waals surface area contributed by atoms with Gasteiger partial charge in [-0.05, 0) is 30.4 Å². The Morgan fingerprint density at radius 2 is 2.03 bits per heavy atom. The highest BCUT2D eigenvalue weighted by Gasteiger charge is 2.74. The number of nitrogens with two attached hydrogens (primary N) is 1. The largest absolute Gasteiger partial charge is 0.485 e. The third-order valence-electron chi connectivity index (χ3n) is 5.58. The molecule has 4 rings (SSSR count). The number of alkyl halides is 3. The standard InChI is InChI=1S/C19H19F3N2O4S/c1-9(2)10-6-7-11-14(8-10)28-18(26)12-4-3-5-13(23)15(12)16(25)17(11,18)24-29(27)19(20,21)22/h4,6-9,24,26H,3,5,23H2,1-2H3. The van der Waals surface area contributed by atoms with E-state index in [0.29, 0.717) is 12.8 Å². The van der Waals surface area contributed by atoms with E-state index in [9.17, 15) is 27.3 Å². The monoisotopic (exact) mass is 428 g/mol. The van der Waals surface area contributed by atoms with E-state index in [-0.39, 0.29) is 34.1 Å². The number of fused-ring (bicyclic) bond motifs is 5. The van der Waals surface area contributed by atoms with E-state index >= 15 is 0 Å². The molecule has 0 bridgehead atoms. The fourth-order valence-electron chi connectivity index (χ4n) is 4.15. The molecule has 1 aromatic carbocycles. The van der Waals surface area contributed by atoms with Gasteiger partial charge in [-0.1, -0.05) is 32.1 Å². The Bertz CT molecular complexity index is 1020. The fourth-order valence-corrected chi connectivity index (χ4v) is 4.88. The van der Waals surface area contributed by atoms with Crippen LogP contribution in [0.5, 0.6) is 5.75 Å². The van der Waals surface area contributed by atoms with Gasteiger partial charge in [-0.2, -0.15) is 13.2 Å². The first-order valence-electron chi connectivity index (χ1n) is 9.00. The Morgan fingerprint density at radius 1 is 1.34 bits per heavy atom. The average molecular weight is 428 g/mol. The van der Waals surface area contributed by atoms with E-state index in [2.05, 4.69) is 0 Å². The van der Waals surface area contributed by atoms with Crippen molar-refractivity contribution in [2.24, 2.45) is 5.73 Å². The lowest BCUT2D eigenvalue weighted by atomic mass is 9.84. The van der Waals surface area contributed by atoms with Crippen LogP contribution in [0.4, 0.5) is 13.2 Å². The lowest BCUT2D eigenvalue weighted by Crippen LogP contribution is -2.62. The van der Waals surface area contributed by atoms with Gasteiger partial charge in [0.1, 0.15) is 5.75 Å². The van der Waals surface area contributed by atoms with Crippen LogP contribution in [-0.4, -0.2) is 26.4 Å². The first kappa shape index (κ1) is 20.1. The minimum absolute atomic E-state index is 0.000205. The predicted molar refractivity (Wildman–Crippen MR) is 98.7 cm³/mol. The second kappa shape index (κ2) is 6.16. The summed E-state index contributed by atoms with van der Waals surface area (Å²) < 4.78 is 59.1. The Labute approximate surface area is 167 Å². The van der Waals surface area contributed by atoms with Crippen molar-refractivity contribution < 1.29 is 32.0 Å². The van der Waals surface area contributed by atoms with Gasteiger partial charge < -0.3 is 15.6 Å².